The monoisotopic (exact) mass is 860 g/mol. The second-order valence-corrected chi connectivity index (χ2v) is 18.7. The van der Waals surface area contributed by atoms with Gasteiger partial charge in [-0.15, -0.1) is 0 Å². The number of unbranched alkanes of at least 4 members (excludes halogenated alkanes) is 34. The van der Waals surface area contributed by atoms with Crippen LogP contribution < -0.4 is 5.32 Å². The van der Waals surface area contributed by atoms with Crippen LogP contribution in [0.1, 0.15) is 290 Å². The normalized spacial score (nSPS) is 13.3. The summed E-state index contributed by atoms with van der Waals surface area (Å²) in [6.45, 7) is 6.47. The smallest absolute Gasteiger partial charge is 0.306 e. The summed E-state index contributed by atoms with van der Waals surface area (Å²) in [5.74, 6) is -0.483. The van der Waals surface area contributed by atoms with Crippen LogP contribution in [-0.2, 0) is 14.3 Å². The van der Waals surface area contributed by atoms with Crippen molar-refractivity contribution in [2.45, 2.75) is 309 Å². The zero-order chi connectivity index (χ0) is 44.5. The number of esters is 1. The standard InChI is InChI=1S/C55H105NO5/c1-4-7-10-13-16-18-20-22-24-26-28-30-32-34-36-39-42-45-48-55(60)61-51(46-43-40-37-15-12-9-6-3)49-54(59)56-52(50-57)53(58)47-44-41-38-35-33-31-29-27-25-23-21-19-17-14-11-8-5-2/h24,26,28,30,51-53,57-58H,4-23,25,27,29,31-50H2,1-3H3,(H,56,59)/b26-24+,30-28+. The second-order valence-electron chi connectivity index (χ2n) is 18.7. The Bertz CT molecular complexity index is 966. The number of allylic oxidation sites excluding steroid dienone is 4. The lowest BCUT2D eigenvalue weighted by Crippen LogP contribution is -2.46. The first kappa shape index (κ1) is 59.3. The molecular formula is C55H105NO5. The van der Waals surface area contributed by atoms with E-state index in [4.69, 9.17) is 4.74 Å². The van der Waals surface area contributed by atoms with Crippen LogP contribution in [0.25, 0.3) is 0 Å². The average molecular weight is 860 g/mol. The van der Waals surface area contributed by atoms with Crippen LogP contribution in [-0.4, -0.2) is 46.9 Å². The SMILES string of the molecule is CCCCCCCCC/C=C/C=C/CCCCCCCC(=O)OC(CCCCCCCCC)CC(=O)NC(CO)C(O)CCCCCCCCCCCCCCCCCCC. The fraction of sp³-hybridized carbons (Fsp3) is 0.891. The van der Waals surface area contributed by atoms with Gasteiger partial charge in [0.05, 0.1) is 25.2 Å². The summed E-state index contributed by atoms with van der Waals surface area (Å²) >= 11 is 0. The van der Waals surface area contributed by atoms with Crippen LogP contribution in [0.15, 0.2) is 24.3 Å². The molecular weight excluding hydrogens is 755 g/mol. The Kier molecular flexibility index (Phi) is 48.0. The van der Waals surface area contributed by atoms with Gasteiger partial charge in [-0.25, -0.2) is 0 Å². The fourth-order valence-electron chi connectivity index (χ4n) is 8.42. The maximum absolute atomic E-state index is 13.1. The molecule has 0 aromatic rings. The van der Waals surface area contributed by atoms with E-state index in [1.54, 1.807) is 0 Å². The topological polar surface area (TPSA) is 95.9 Å². The van der Waals surface area contributed by atoms with E-state index in [1.807, 2.05) is 0 Å². The minimum atomic E-state index is -0.785. The van der Waals surface area contributed by atoms with Crippen LogP contribution in [0.4, 0.5) is 0 Å². The number of nitrogens with one attached hydrogen (secondary N) is 1. The molecule has 0 aliphatic rings. The van der Waals surface area contributed by atoms with Gasteiger partial charge in [0.25, 0.3) is 0 Å². The van der Waals surface area contributed by atoms with Crippen molar-refractivity contribution in [1.82, 2.24) is 5.32 Å². The lowest BCUT2D eigenvalue weighted by molar-refractivity contribution is -0.151. The molecule has 61 heavy (non-hydrogen) atoms. The van der Waals surface area contributed by atoms with Crippen LogP contribution in [0.5, 0.6) is 0 Å². The number of rotatable bonds is 49. The number of hydrogen-bond donors (Lipinski definition) is 3. The minimum absolute atomic E-state index is 0.0751. The summed E-state index contributed by atoms with van der Waals surface area (Å²) in [6, 6.07) is -0.699. The van der Waals surface area contributed by atoms with E-state index in [0.29, 0.717) is 19.3 Å². The molecule has 360 valence electrons. The Morgan fingerprint density at radius 3 is 1.21 bits per heavy atom. The summed E-state index contributed by atoms with van der Waals surface area (Å²) in [4.78, 5) is 26.0. The van der Waals surface area contributed by atoms with Gasteiger partial charge in [-0.2, -0.15) is 0 Å². The van der Waals surface area contributed by atoms with E-state index in [9.17, 15) is 19.8 Å². The average Bonchev–Trinajstić information content (AvgIpc) is 3.25. The van der Waals surface area contributed by atoms with Gasteiger partial charge in [0.15, 0.2) is 0 Å². The predicted octanol–water partition coefficient (Wildman–Crippen LogP) is 16.3. The molecule has 0 saturated carbocycles. The summed E-state index contributed by atoms with van der Waals surface area (Å²) in [5, 5.41) is 23.8. The summed E-state index contributed by atoms with van der Waals surface area (Å²) in [7, 11) is 0. The molecule has 0 aromatic heterocycles. The molecule has 0 fully saturated rings. The molecule has 6 heteroatoms. The first-order chi connectivity index (χ1) is 30.0. The van der Waals surface area contributed by atoms with E-state index in [-0.39, 0.29) is 24.9 Å². The third-order valence-corrected chi connectivity index (χ3v) is 12.6. The molecule has 3 N–H and O–H groups in total. The first-order valence-electron chi connectivity index (χ1n) is 27.1. The number of amides is 1. The van der Waals surface area contributed by atoms with Gasteiger partial charge in [0.2, 0.25) is 5.91 Å². The highest BCUT2D eigenvalue weighted by Gasteiger charge is 2.24. The summed E-state index contributed by atoms with van der Waals surface area (Å²) in [5.41, 5.74) is 0. The predicted molar refractivity (Wildman–Crippen MR) is 264 cm³/mol. The molecule has 3 unspecified atom stereocenters. The largest absolute Gasteiger partial charge is 0.462 e. The molecule has 0 saturated heterocycles. The minimum Gasteiger partial charge on any atom is -0.462 e. The van der Waals surface area contributed by atoms with Crippen LogP contribution >= 0.6 is 0 Å². The Morgan fingerprint density at radius 1 is 0.475 bits per heavy atom. The summed E-state index contributed by atoms with van der Waals surface area (Å²) < 4.78 is 5.90. The lowest BCUT2D eigenvalue weighted by atomic mass is 10.0. The molecule has 0 spiro atoms. The van der Waals surface area contributed by atoms with E-state index in [2.05, 4.69) is 50.4 Å². The number of ether oxygens (including phenoxy) is 1. The number of aliphatic hydroxyl groups excluding tert-OH is 2. The number of aliphatic hydroxyl groups is 2. The Morgan fingerprint density at radius 2 is 0.820 bits per heavy atom. The maximum Gasteiger partial charge on any atom is 0.306 e. The molecule has 3 atom stereocenters. The van der Waals surface area contributed by atoms with Gasteiger partial charge in [-0.3, -0.25) is 9.59 Å². The first-order valence-corrected chi connectivity index (χ1v) is 27.1. The van der Waals surface area contributed by atoms with Crippen molar-refractivity contribution in [1.29, 1.82) is 0 Å². The molecule has 6 nitrogen and oxygen atoms in total. The summed E-state index contributed by atoms with van der Waals surface area (Å²) in [6.07, 6.45) is 56.9. The highest BCUT2D eigenvalue weighted by atomic mass is 16.5. The quantitative estimate of drug-likeness (QED) is 0.0322. The van der Waals surface area contributed by atoms with Crippen molar-refractivity contribution in [2.24, 2.45) is 0 Å². The van der Waals surface area contributed by atoms with Gasteiger partial charge >= 0.3 is 5.97 Å². The van der Waals surface area contributed by atoms with Crippen LogP contribution in [0.3, 0.4) is 0 Å². The van der Waals surface area contributed by atoms with E-state index in [1.165, 1.54) is 186 Å². The van der Waals surface area contributed by atoms with Crippen molar-refractivity contribution in [3.63, 3.8) is 0 Å². The molecule has 0 bridgehead atoms. The lowest BCUT2D eigenvalue weighted by Gasteiger charge is -2.24. The van der Waals surface area contributed by atoms with Gasteiger partial charge in [0, 0.05) is 6.42 Å². The van der Waals surface area contributed by atoms with Gasteiger partial charge in [0.1, 0.15) is 6.10 Å². The molecule has 0 aromatic carbocycles. The number of hydrogen-bond acceptors (Lipinski definition) is 5. The van der Waals surface area contributed by atoms with Gasteiger partial charge < -0.3 is 20.3 Å². The van der Waals surface area contributed by atoms with Crippen LogP contribution in [0, 0.1) is 0 Å². The fourth-order valence-corrected chi connectivity index (χ4v) is 8.42. The van der Waals surface area contributed by atoms with E-state index >= 15 is 0 Å². The highest BCUT2D eigenvalue weighted by molar-refractivity contribution is 5.77. The second kappa shape index (κ2) is 49.4. The van der Waals surface area contributed by atoms with Crippen LogP contribution in [0.2, 0.25) is 0 Å². The molecule has 0 radical (unpaired) electrons. The van der Waals surface area contributed by atoms with Crippen molar-refractivity contribution in [2.75, 3.05) is 6.61 Å². The van der Waals surface area contributed by atoms with Gasteiger partial charge in [-0.1, -0.05) is 251 Å². The zero-order valence-electron chi connectivity index (χ0n) is 41.1. The van der Waals surface area contributed by atoms with Crippen molar-refractivity contribution < 1.29 is 24.5 Å². The highest BCUT2D eigenvalue weighted by Crippen LogP contribution is 2.18. The van der Waals surface area contributed by atoms with Crippen molar-refractivity contribution >= 4 is 11.9 Å². The Labute approximate surface area is 380 Å². The number of carbonyl (C=O) groups is 2. The van der Waals surface area contributed by atoms with Crippen molar-refractivity contribution in [3.05, 3.63) is 24.3 Å². The zero-order valence-corrected chi connectivity index (χ0v) is 41.1. The molecule has 0 heterocycles. The van der Waals surface area contributed by atoms with E-state index in [0.717, 1.165) is 57.8 Å². The Hall–Kier alpha value is -1.66. The molecule has 0 aliphatic carbocycles. The van der Waals surface area contributed by atoms with E-state index < -0.39 is 18.2 Å². The third-order valence-electron chi connectivity index (χ3n) is 12.6. The Balaban J connectivity index is 4.32. The molecule has 0 aliphatic heterocycles. The molecule has 0 rings (SSSR count). The molecule has 1 amide bonds. The van der Waals surface area contributed by atoms with Gasteiger partial charge in [-0.05, 0) is 51.4 Å². The van der Waals surface area contributed by atoms with Crippen molar-refractivity contribution in [3.8, 4) is 0 Å². The maximum atomic E-state index is 13.1. The third kappa shape index (κ3) is 44.7. The number of carbonyl (C=O) groups excluding carboxylic acids is 2.